The molecule has 0 aliphatic rings. The average Bonchev–Trinajstić information content (AvgIpc) is 2.27. The quantitative estimate of drug-likeness (QED) is 0.610. The van der Waals surface area contributed by atoms with Crippen LogP contribution in [-0.4, -0.2) is 0 Å². The monoisotopic (exact) mass is 204 g/mol. The first kappa shape index (κ1) is 14.0. The lowest BCUT2D eigenvalue weighted by Crippen LogP contribution is -1.98. The molecule has 0 atom stereocenters. The molecule has 0 fully saturated rings. The molecule has 1 aromatic rings. The molecule has 0 radical (unpaired) electrons. The lowest BCUT2D eigenvalue weighted by Gasteiger charge is -2.15. The molecule has 84 valence electrons. The van der Waals surface area contributed by atoms with Gasteiger partial charge in [-0.3, -0.25) is 0 Å². The van der Waals surface area contributed by atoms with E-state index >= 15 is 0 Å². The van der Waals surface area contributed by atoms with Gasteiger partial charge in [0.15, 0.2) is 0 Å². The summed E-state index contributed by atoms with van der Waals surface area (Å²) in [7, 11) is 0. The normalized spacial score (nSPS) is 9.27. The van der Waals surface area contributed by atoms with E-state index in [4.69, 9.17) is 0 Å². The Labute approximate surface area is 95.0 Å². The molecule has 0 amide bonds. The van der Waals surface area contributed by atoms with Crippen LogP contribution in [0.3, 0.4) is 0 Å². The second-order valence-electron chi connectivity index (χ2n) is 3.74. The average molecular weight is 204 g/mol. The van der Waals surface area contributed by atoms with Crippen LogP contribution in [-0.2, 0) is 0 Å². The van der Waals surface area contributed by atoms with Crippen molar-refractivity contribution in [1.29, 1.82) is 0 Å². The summed E-state index contributed by atoms with van der Waals surface area (Å²) in [6.45, 7) is 18.8. The zero-order valence-corrected chi connectivity index (χ0v) is 11.3. The standard InChI is InChI=1S/C13H18.C2H6/c1-7-13-11(5)9(3)8(2)10(4)12(13)6;1-2/h7H,1H2,2-6H3;1-2H3. The van der Waals surface area contributed by atoms with Crippen molar-refractivity contribution >= 4 is 6.08 Å². The minimum absolute atomic E-state index is 1.31. The van der Waals surface area contributed by atoms with Gasteiger partial charge in [-0.15, -0.1) is 0 Å². The van der Waals surface area contributed by atoms with Crippen LogP contribution in [0.5, 0.6) is 0 Å². The minimum Gasteiger partial charge on any atom is -0.0984 e. The van der Waals surface area contributed by atoms with Gasteiger partial charge in [0.05, 0.1) is 0 Å². The minimum atomic E-state index is 1.31. The van der Waals surface area contributed by atoms with E-state index in [1.54, 1.807) is 0 Å². The van der Waals surface area contributed by atoms with Gasteiger partial charge in [0, 0.05) is 0 Å². The van der Waals surface area contributed by atoms with Crippen LogP contribution in [0.4, 0.5) is 0 Å². The largest absolute Gasteiger partial charge is 0.0984 e. The summed E-state index contributed by atoms with van der Waals surface area (Å²) < 4.78 is 0. The highest BCUT2D eigenvalue weighted by Gasteiger charge is 2.08. The highest BCUT2D eigenvalue weighted by atomic mass is 14.1. The maximum absolute atomic E-state index is 3.86. The summed E-state index contributed by atoms with van der Waals surface area (Å²) in [5, 5.41) is 0. The van der Waals surface area contributed by atoms with Gasteiger partial charge in [-0.25, -0.2) is 0 Å². The van der Waals surface area contributed by atoms with Crippen molar-refractivity contribution in [3.8, 4) is 0 Å². The Morgan fingerprint density at radius 2 is 0.933 bits per heavy atom. The third-order valence-corrected chi connectivity index (χ3v) is 3.26. The van der Waals surface area contributed by atoms with Gasteiger partial charge in [-0.2, -0.15) is 0 Å². The van der Waals surface area contributed by atoms with E-state index < -0.39 is 0 Å². The van der Waals surface area contributed by atoms with Crippen molar-refractivity contribution in [3.05, 3.63) is 40.0 Å². The summed E-state index contributed by atoms with van der Waals surface area (Å²) in [5.74, 6) is 0. The van der Waals surface area contributed by atoms with E-state index in [1.807, 2.05) is 19.9 Å². The SMILES string of the molecule is C=Cc1c(C)c(C)c(C)c(C)c1C.CC. The zero-order chi connectivity index (χ0) is 12.2. The first-order valence-corrected chi connectivity index (χ1v) is 5.70. The van der Waals surface area contributed by atoms with Gasteiger partial charge >= 0.3 is 0 Å². The molecule has 0 aliphatic carbocycles. The van der Waals surface area contributed by atoms with Crippen molar-refractivity contribution in [3.63, 3.8) is 0 Å². The molecule has 1 rings (SSSR count). The summed E-state index contributed by atoms with van der Waals surface area (Å²) in [5.41, 5.74) is 8.27. The lowest BCUT2D eigenvalue weighted by molar-refractivity contribution is 1.16. The fourth-order valence-corrected chi connectivity index (χ4v) is 1.84. The van der Waals surface area contributed by atoms with Crippen molar-refractivity contribution in [2.24, 2.45) is 0 Å². The molecule has 0 bridgehead atoms. The molecular formula is C15H24. The van der Waals surface area contributed by atoms with Crippen LogP contribution in [0.1, 0.15) is 47.2 Å². The smallest absolute Gasteiger partial charge is 0.0198 e. The van der Waals surface area contributed by atoms with Gasteiger partial charge in [0.1, 0.15) is 0 Å². The predicted octanol–water partition coefficient (Wildman–Crippen LogP) is 4.90. The van der Waals surface area contributed by atoms with Gasteiger partial charge in [-0.1, -0.05) is 26.5 Å². The van der Waals surface area contributed by atoms with E-state index in [-0.39, 0.29) is 0 Å². The van der Waals surface area contributed by atoms with Crippen molar-refractivity contribution in [2.75, 3.05) is 0 Å². The molecule has 0 nitrogen and oxygen atoms in total. The Kier molecular flexibility index (Phi) is 5.35. The number of hydrogen-bond acceptors (Lipinski definition) is 0. The second kappa shape index (κ2) is 5.75. The van der Waals surface area contributed by atoms with Gasteiger partial charge in [-0.05, 0) is 68.0 Å². The van der Waals surface area contributed by atoms with E-state index in [9.17, 15) is 0 Å². The Bertz CT molecular complexity index is 328. The fraction of sp³-hybridized carbons (Fsp3) is 0.467. The van der Waals surface area contributed by atoms with Gasteiger partial charge in [0.25, 0.3) is 0 Å². The number of hydrogen-bond donors (Lipinski definition) is 0. The summed E-state index contributed by atoms with van der Waals surface area (Å²) in [6, 6.07) is 0. The maximum atomic E-state index is 3.86. The number of rotatable bonds is 1. The molecule has 15 heavy (non-hydrogen) atoms. The maximum Gasteiger partial charge on any atom is -0.0198 e. The van der Waals surface area contributed by atoms with Crippen molar-refractivity contribution in [1.82, 2.24) is 0 Å². The first-order chi connectivity index (χ1) is 7.00. The summed E-state index contributed by atoms with van der Waals surface area (Å²) >= 11 is 0. The van der Waals surface area contributed by atoms with Crippen LogP contribution in [0.2, 0.25) is 0 Å². The second-order valence-corrected chi connectivity index (χ2v) is 3.74. The molecule has 0 heteroatoms. The Morgan fingerprint density at radius 1 is 0.667 bits per heavy atom. The molecule has 0 heterocycles. The molecule has 0 N–H and O–H groups in total. The highest BCUT2D eigenvalue weighted by Crippen LogP contribution is 2.26. The van der Waals surface area contributed by atoms with Crippen LogP contribution in [0, 0.1) is 34.6 Å². The molecule has 0 aromatic heterocycles. The lowest BCUT2D eigenvalue weighted by atomic mass is 9.90. The van der Waals surface area contributed by atoms with E-state index in [2.05, 4.69) is 41.2 Å². The number of benzene rings is 1. The predicted molar refractivity (Wildman–Crippen MR) is 71.6 cm³/mol. The van der Waals surface area contributed by atoms with Crippen LogP contribution in [0.25, 0.3) is 6.08 Å². The van der Waals surface area contributed by atoms with E-state index in [1.165, 1.54) is 33.4 Å². The van der Waals surface area contributed by atoms with E-state index in [0.717, 1.165) is 0 Å². The molecule has 0 unspecified atom stereocenters. The Balaban J connectivity index is 0.000000921. The van der Waals surface area contributed by atoms with Crippen LogP contribution >= 0.6 is 0 Å². The molecule has 0 aliphatic heterocycles. The van der Waals surface area contributed by atoms with Gasteiger partial charge in [0.2, 0.25) is 0 Å². The topological polar surface area (TPSA) is 0 Å². The molecule has 0 spiro atoms. The molecule has 0 saturated carbocycles. The molecule has 1 aromatic carbocycles. The third kappa shape index (κ3) is 2.50. The van der Waals surface area contributed by atoms with Crippen LogP contribution < -0.4 is 0 Å². The molecule has 0 saturated heterocycles. The van der Waals surface area contributed by atoms with E-state index in [0.29, 0.717) is 0 Å². The fourth-order valence-electron chi connectivity index (χ4n) is 1.84. The van der Waals surface area contributed by atoms with Crippen molar-refractivity contribution in [2.45, 2.75) is 48.5 Å². The summed E-state index contributed by atoms with van der Waals surface area (Å²) in [6.07, 6.45) is 1.96. The van der Waals surface area contributed by atoms with Gasteiger partial charge < -0.3 is 0 Å². The summed E-state index contributed by atoms with van der Waals surface area (Å²) in [4.78, 5) is 0. The zero-order valence-electron chi connectivity index (χ0n) is 11.3. The molecular weight excluding hydrogens is 180 g/mol. The van der Waals surface area contributed by atoms with Crippen LogP contribution in [0.15, 0.2) is 6.58 Å². The first-order valence-electron chi connectivity index (χ1n) is 5.70. The highest BCUT2D eigenvalue weighted by molar-refractivity contribution is 5.62. The Hall–Kier alpha value is -1.04. The van der Waals surface area contributed by atoms with Crippen molar-refractivity contribution < 1.29 is 0 Å². The third-order valence-electron chi connectivity index (χ3n) is 3.26. The Morgan fingerprint density at radius 3 is 1.20 bits per heavy atom.